The quantitative estimate of drug-likeness (QED) is 0.796. The molecule has 0 bridgehead atoms. The van der Waals surface area contributed by atoms with E-state index in [2.05, 4.69) is 37.4 Å². The molecule has 0 saturated carbocycles. The second kappa shape index (κ2) is 6.28. The van der Waals surface area contributed by atoms with E-state index in [9.17, 15) is 4.79 Å². The first-order chi connectivity index (χ1) is 8.08. The van der Waals surface area contributed by atoms with Gasteiger partial charge in [0.05, 0.1) is 6.42 Å². The standard InChI is InChI=1S/C14H21NO2/c1-4-11-7-6-8-12(5-2)14(11)15-10(3)9-13(16)17/h6-8,10,15H,4-5,9H2,1-3H3,(H,16,17). The first-order valence-corrected chi connectivity index (χ1v) is 6.17. The molecule has 1 aromatic rings. The normalized spacial score (nSPS) is 12.2. The maximum absolute atomic E-state index is 10.7. The third-order valence-corrected chi connectivity index (χ3v) is 2.87. The summed E-state index contributed by atoms with van der Waals surface area (Å²) in [5, 5.41) is 12.1. The average molecular weight is 235 g/mol. The molecule has 0 radical (unpaired) electrons. The van der Waals surface area contributed by atoms with Gasteiger partial charge in [0, 0.05) is 11.7 Å². The second-order valence-electron chi connectivity index (χ2n) is 4.30. The number of aliphatic carboxylic acids is 1. The summed E-state index contributed by atoms with van der Waals surface area (Å²) in [6.45, 7) is 6.13. The molecule has 0 aliphatic carbocycles. The van der Waals surface area contributed by atoms with Gasteiger partial charge in [-0.05, 0) is 30.9 Å². The third kappa shape index (κ3) is 3.77. The van der Waals surface area contributed by atoms with Crippen molar-refractivity contribution in [2.45, 2.75) is 46.1 Å². The lowest BCUT2D eigenvalue weighted by molar-refractivity contribution is -0.137. The maximum Gasteiger partial charge on any atom is 0.305 e. The van der Waals surface area contributed by atoms with Crippen LogP contribution in [0.1, 0.15) is 38.3 Å². The number of carboxylic acids is 1. The number of aryl methyl sites for hydroxylation is 2. The SMILES string of the molecule is CCc1cccc(CC)c1NC(C)CC(=O)O. The van der Waals surface area contributed by atoms with E-state index in [0.717, 1.165) is 18.5 Å². The summed E-state index contributed by atoms with van der Waals surface area (Å²) in [7, 11) is 0. The second-order valence-corrected chi connectivity index (χ2v) is 4.30. The highest BCUT2D eigenvalue weighted by Gasteiger charge is 2.11. The van der Waals surface area contributed by atoms with Crippen LogP contribution in [-0.4, -0.2) is 17.1 Å². The van der Waals surface area contributed by atoms with Crippen LogP contribution in [0.4, 0.5) is 5.69 Å². The van der Waals surface area contributed by atoms with Crippen LogP contribution in [-0.2, 0) is 17.6 Å². The molecule has 0 amide bonds. The van der Waals surface area contributed by atoms with Crippen LogP contribution in [0.15, 0.2) is 18.2 Å². The van der Waals surface area contributed by atoms with Crippen LogP contribution in [0.5, 0.6) is 0 Å². The van der Waals surface area contributed by atoms with E-state index in [1.807, 2.05) is 6.92 Å². The summed E-state index contributed by atoms with van der Waals surface area (Å²) in [4.78, 5) is 10.7. The molecule has 1 rings (SSSR count). The number of hydrogen-bond acceptors (Lipinski definition) is 2. The Bertz CT molecular complexity index is 366. The predicted octanol–water partition coefficient (Wildman–Crippen LogP) is 3.09. The number of carboxylic acid groups (broad SMARTS) is 1. The molecule has 1 aromatic carbocycles. The fourth-order valence-electron chi connectivity index (χ4n) is 1.99. The molecule has 0 aliphatic rings. The first-order valence-electron chi connectivity index (χ1n) is 6.17. The van der Waals surface area contributed by atoms with E-state index < -0.39 is 5.97 Å². The van der Waals surface area contributed by atoms with Crippen molar-refractivity contribution in [2.24, 2.45) is 0 Å². The Labute approximate surface area is 103 Å². The fraction of sp³-hybridized carbons (Fsp3) is 0.500. The minimum Gasteiger partial charge on any atom is -0.481 e. The molecule has 0 aliphatic heterocycles. The molecule has 0 aromatic heterocycles. The lowest BCUT2D eigenvalue weighted by Crippen LogP contribution is -2.21. The maximum atomic E-state index is 10.7. The van der Waals surface area contributed by atoms with Gasteiger partial charge in [0.1, 0.15) is 0 Å². The first kappa shape index (κ1) is 13.6. The smallest absolute Gasteiger partial charge is 0.305 e. The topological polar surface area (TPSA) is 49.3 Å². The monoisotopic (exact) mass is 235 g/mol. The zero-order valence-corrected chi connectivity index (χ0v) is 10.8. The lowest BCUT2D eigenvalue weighted by Gasteiger charge is -2.19. The fourth-order valence-corrected chi connectivity index (χ4v) is 1.99. The van der Waals surface area contributed by atoms with E-state index >= 15 is 0 Å². The van der Waals surface area contributed by atoms with Crippen molar-refractivity contribution in [3.63, 3.8) is 0 Å². The molecule has 1 unspecified atom stereocenters. The van der Waals surface area contributed by atoms with Gasteiger partial charge in [0.25, 0.3) is 0 Å². The number of carbonyl (C=O) groups is 1. The van der Waals surface area contributed by atoms with Gasteiger partial charge >= 0.3 is 5.97 Å². The number of rotatable bonds is 6. The zero-order valence-electron chi connectivity index (χ0n) is 10.8. The minimum absolute atomic E-state index is 0.0505. The number of anilines is 1. The zero-order chi connectivity index (χ0) is 12.8. The Hall–Kier alpha value is -1.51. The number of hydrogen-bond donors (Lipinski definition) is 2. The Morgan fingerprint density at radius 3 is 2.24 bits per heavy atom. The van der Waals surface area contributed by atoms with Crippen LogP contribution in [0.2, 0.25) is 0 Å². The number of nitrogens with one attached hydrogen (secondary N) is 1. The van der Waals surface area contributed by atoms with Gasteiger partial charge in [-0.3, -0.25) is 4.79 Å². The van der Waals surface area contributed by atoms with E-state index in [-0.39, 0.29) is 12.5 Å². The van der Waals surface area contributed by atoms with Gasteiger partial charge in [-0.1, -0.05) is 32.0 Å². The van der Waals surface area contributed by atoms with Crippen LogP contribution in [0.25, 0.3) is 0 Å². The summed E-state index contributed by atoms with van der Waals surface area (Å²) in [5.41, 5.74) is 3.62. The van der Waals surface area contributed by atoms with Crippen molar-refractivity contribution < 1.29 is 9.90 Å². The molecule has 2 N–H and O–H groups in total. The van der Waals surface area contributed by atoms with Crippen molar-refractivity contribution in [2.75, 3.05) is 5.32 Å². The van der Waals surface area contributed by atoms with Crippen molar-refractivity contribution in [3.05, 3.63) is 29.3 Å². The summed E-state index contributed by atoms with van der Waals surface area (Å²) in [5.74, 6) is -0.767. The predicted molar refractivity (Wildman–Crippen MR) is 70.5 cm³/mol. The Kier molecular flexibility index (Phi) is 5.01. The lowest BCUT2D eigenvalue weighted by atomic mass is 10.0. The number of para-hydroxylation sites is 1. The molecule has 3 nitrogen and oxygen atoms in total. The van der Waals surface area contributed by atoms with Gasteiger partial charge in [-0.25, -0.2) is 0 Å². The van der Waals surface area contributed by atoms with Crippen LogP contribution in [0.3, 0.4) is 0 Å². The molecule has 0 heterocycles. The molecule has 17 heavy (non-hydrogen) atoms. The van der Waals surface area contributed by atoms with Gasteiger partial charge in [0.15, 0.2) is 0 Å². The van der Waals surface area contributed by atoms with Crippen LogP contribution in [0, 0.1) is 0 Å². The molecular weight excluding hydrogens is 214 g/mol. The highest BCUT2D eigenvalue weighted by Crippen LogP contribution is 2.23. The summed E-state index contributed by atoms with van der Waals surface area (Å²) in [6.07, 6.45) is 2.05. The number of benzene rings is 1. The highest BCUT2D eigenvalue weighted by atomic mass is 16.4. The minimum atomic E-state index is -0.767. The van der Waals surface area contributed by atoms with E-state index in [1.165, 1.54) is 11.1 Å². The van der Waals surface area contributed by atoms with E-state index in [4.69, 9.17) is 5.11 Å². The van der Waals surface area contributed by atoms with E-state index in [0.29, 0.717) is 0 Å². The molecule has 0 saturated heterocycles. The van der Waals surface area contributed by atoms with Crippen molar-refractivity contribution in [1.29, 1.82) is 0 Å². The van der Waals surface area contributed by atoms with Crippen LogP contribution < -0.4 is 5.32 Å². The molecule has 3 heteroatoms. The highest BCUT2D eigenvalue weighted by molar-refractivity contribution is 5.69. The van der Waals surface area contributed by atoms with Crippen LogP contribution >= 0.6 is 0 Å². The van der Waals surface area contributed by atoms with Gasteiger partial charge in [0.2, 0.25) is 0 Å². The Morgan fingerprint density at radius 1 is 1.29 bits per heavy atom. The van der Waals surface area contributed by atoms with E-state index in [1.54, 1.807) is 0 Å². The van der Waals surface area contributed by atoms with Crippen molar-refractivity contribution >= 4 is 11.7 Å². The van der Waals surface area contributed by atoms with Gasteiger partial charge < -0.3 is 10.4 Å². The summed E-state index contributed by atoms with van der Waals surface area (Å²) >= 11 is 0. The summed E-state index contributed by atoms with van der Waals surface area (Å²) in [6, 6.07) is 6.19. The summed E-state index contributed by atoms with van der Waals surface area (Å²) < 4.78 is 0. The molecule has 1 atom stereocenters. The van der Waals surface area contributed by atoms with Gasteiger partial charge in [-0.2, -0.15) is 0 Å². The molecule has 0 spiro atoms. The Balaban J connectivity index is 2.90. The van der Waals surface area contributed by atoms with Gasteiger partial charge in [-0.15, -0.1) is 0 Å². The molecular formula is C14H21NO2. The molecule has 0 fully saturated rings. The Morgan fingerprint density at radius 2 is 1.82 bits per heavy atom. The average Bonchev–Trinajstić information content (AvgIpc) is 2.28. The third-order valence-electron chi connectivity index (χ3n) is 2.87. The van der Waals surface area contributed by atoms with Crippen molar-refractivity contribution in [1.82, 2.24) is 0 Å². The molecule has 94 valence electrons. The van der Waals surface area contributed by atoms with Crippen molar-refractivity contribution in [3.8, 4) is 0 Å². The largest absolute Gasteiger partial charge is 0.481 e.